The first-order chi connectivity index (χ1) is 9.09. The standard InChI is InChI=1S/C12H13FN2O4/c13-9-3-1-2-8(11(16)17)10(9)14-12(18)15-4-6-19-7-5-15/h1-3H,4-7H2,(H,14,18)(H,16,17). The van der Waals surface area contributed by atoms with Crippen LogP contribution < -0.4 is 5.32 Å². The maximum Gasteiger partial charge on any atom is 0.337 e. The number of amides is 2. The Morgan fingerprint density at radius 3 is 2.63 bits per heavy atom. The van der Waals surface area contributed by atoms with Crippen molar-refractivity contribution in [1.82, 2.24) is 4.90 Å². The Kier molecular flexibility index (Phi) is 3.96. The lowest BCUT2D eigenvalue weighted by Gasteiger charge is -2.27. The molecule has 1 aromatic rings. The minimum atomic E-state index is -1.29. The fourth-order valence-corrected chi connectivity index (χ4v) is 1.78. The van der Waals surface area contributed by atoms with Crippen LogP contribution in [0.25, 0.3) is 0 Å². The Labute approximate surface area is 108 Å². The Hall–Kier alpha value is -2.15. The number of para-hydroxylation sites is 1. The number of halogens is 1. The van der Waals surface area contributed by atoms with Gasteiger partial charge in [0.05, 0.1) is 24.5 Å². The number of morpholine rings is 1. The molecule has 2 amide bonds. The number of urea groups is 1. The van der Waals surface area contributed by atoms with Crippen molar-refractivity contribution in [2.24, 2.45) is 0 Å². The second-order valence-electron chi connectivity index (χ2n) is 4.00. The summed E-state index contributed by atoms with van der Waals surface area (Å²) in [6.45, 7) is 1.61. The number of hydrogen-bond acceptors (Lipinski definition) is 3. The molecule has 19 heavy (non-hydrogen) atoms. The summed E-state index contributed by atoms with van der Waals surface area (Å²) in [6.07, 6.45) is 0. The van der Waals surface area contributed by atoms with Crippen molar-refractivity contribution >= 4 is 17.7 Å². The molecule has 1 heterocycles. The van der Waals surface area contributed by atoms with E-state index < -0.39 is 17.8 Å². The highest BCUT2D eigenvalue weighted by molar-refractivity contribution is 6.00. The highest BCUT2D eigenvalue weighted by Crippen LogP contribution is 2.20. The number of benzene rings is 1. The number of aromatic carboxylic acids is 1. The van der Waals surface area contributed by atoms with Gasteiger partial charge in [0.1, 0.15) is 5.82 Å². The van der Waals surface area contributed by atoms with E-state index in [0.717, 1.165) is 6.07 Å². The molecule has 0 aliphatic carbocycles. The summed E-state index contributed by atoms with van der Waals surface area (Å²) >= 11 is 0. The molecule has 0 spiro atoms. The van der Waals surface area contributed by atoms with E-state index in [2.05, 4.69) is 5.32 Å². The van der Waals surface area contributed by atoms with Gasteiger partial charge < -0.3 is 20.1 Å². The second kappa shape index (κ2) is 5.66. The van der Waals surface area contributed by atoms with E-state index in [1.54, 1.807) is 0 Å². The van der Waals surface area contributed by atoms with Gasteiger partial charge in [-0.2, -0.15) is 0 Å². The lowest BCUT2D eigenvalue weighted by Crippen LogP contribution is -2.43. The minimum absolute atomic E-state index is 0.276. The maximum absolute atomic E-state index is 13.6. The molecule has 0 saturated carbocycles. The summed E-state index contributed by atoms with van der Waals surface area (Å²) in [5.41, 5.74) is -0.590. The van der Waals surface area contributed by atoms with Gasteiger partial charge in [-0.05, 0) is 12.1 Å². The fraction of sp³-hybridized carbons (Fsp3) is 0.333. The third-order valence-electron chi connectivity index (χ3n) is 2.77. The molecule has 1 aliphatic rings. The number of nitrogens with zero attached hydrogens (tertiary/aromatic N) is 1. The highest BCUT2D eigenvalue weighted by Gasteiger charge is 2.21. The van der Waals surface area contributed by atoms with Crippen molar-refractivity contribution < 1.29 is 23.8 Å². The largest absolute Gasteiger partial charge is 0.478 e. The molecule has 1 aromatic carbocycles. The summed E-state index contributed by atoms with van der Waals surface area (Å²) in [5.74, 6) is -2.07. The number of rotatable bonds is 2. The minimum Gasteiger partial charge on any atom is -0.478 e. The van der Waals surface area contributed by atoms with E-state index >= 15 is 0 Å². The summed E-state index contributed by atoms with van der Waals surface area (Å²) in [7, 11) is 0. The lowest BCUT2D eigenvalue weighted by molar-refractivity contribution is 0.0564. The lowest BCUT2D eigenvalue weighted by atomic mass is 10.1. The molecule has 2 rings (SSSR count). The molecule has 0 bridgehead atoms. The van der Waals surface area contributed by atoms with Crippen molar-refractivity contribution in [3.05, 3.63) is 29.6 Å². The Morgan fingerprint density at radius 2 is 2.00 bits per heavy atom. The van der Waals surface area contributed by atoms with Crippen molar-refractivity contribution in [1.29, 1.82) is 0 Å². The van der Waals surface area contributed by atoms with E-state index in [0.29, 0.717) is 26.3 Å². The number of carbonyl (C=O) groups is 2. The average Bonchev–Trinajstić information content (AvgIpc) is 2.41. The van der Waals surface area contributed by atoms with Crippen LogP contribution in [0.15, 0.2) is 18.2 Å². The van der Waals surface area contributed by atoms with Crippen molar-refractivity contribution in [2.45, 2.75) is 0 Å². The first-order valence-corrected chi connectivity index (χ1v) is 5.75. The van der Waals surface area contributed by atoms with Gasteiger partial charge in [0.15, 0.2) is 0 Å². The molecular formula is C12H13FN2O4. The van der Waals surface area contributed by atoms with Crippen LogP contribution in [0.5, 0.6) is 0 Å². The number of anilines is 1. The quantitative estimate of drug-likeness (QED) is 0.849. The van der Waals surface area contributed by atoms with Crippen molar-refractivity contribution in [2.75, 3.05) is 31.6 Å². The molecule has 0 atom stereocenters. The predicted molar refractivity (Wildman–Crippen MR) is 64.8 cm³/mol. The van der Waals surface area contributed by atoms with Crippen LogP contribution in [0, 0.1) is 5.82 Å². The molecule has 1 saturated heterocycles. The maximum atomic E-state index is 13.6. The topological polar surface area (TPSA) is 78.9 Å². The number of carboxylic acid groups (broad SMARTS) is 1. The molecule has 6 nitrogen and oxygen atoms in total. The highest BCUT2D eigenvalue weighted by atomic mass is 19.1. The molecule has 0 unspecified atom stereocenters. The first-order valence-electron chi connectivity index (χ1n) is 5.75. The fourth-order valence-electron chi connectivity index (χ4n) is 1.78. The van der Waals surface area contributed by atoms with E-state index in [1.165, 1.54) is 17.0 Å². The SMILES string of the molecule is O=C(O)c1cccc(F)c1NC(=O)N1CCOCC1. The molecule has 7 heteroatoms. The van der Waals surface area contributed by atoms with E-state index in [1.807, 2.05) is 0 Å². The van der Waals surface area contributed by atoms with Gasteiger partial charge in [0.25, 0.3) is 0 Å². The molecule has 102 valence electrons. The third-order valence-corrected chi connectivity index (χ3v) is 2.77. The first kappa shape index (κ1) is 13.3. The summed E-state index contributed by atoms with van der Waals surface area (Å²) < 4.78 is 18.7. The van der Waals surface area contributed by atoms with Gasteiger partial charge in [0.2, 0.25) is 0 Å². The Bertz CT molecular complexity index is 501. The average molecular weight is 268 g/mol. The molecular weight excluding hydrogens is 255 g/mol. The van der Waals surface area contributed by atoms with Gasteiger partial charge in [0, 0.05) is 13.1 Å². The zero-order chi connectivity index (χ0) is 13.8. The number of hydrogen-bond donors (Lipinski definition) is 2. The Morgan fingerprint density at radius 1 is 1.32 bits per heavy atom. The zero-order valence-corrected chi connectivity index (χ0v) is 10.1. The van der Waals surface area contributed by atoms with Crippen LogP contribution in [-0.4, -0.2) is 48.3 Å². The normalized spacial score (nSPS) is 15.1. The summed E-state index contributed by atoms with van der Waals surface area (Å²) in [6, 6.07) is 3.08. The van der Waals surface area contributed by atoms with Crippen LogP contribution >= 0.6 is 0 Å². The van der Waals surface area contributed by atoms with Crippen LogP contribution in [0.2, 0.25) is 0 Å². The van der Waals surface area contributed by atoms with E-state index in [4.69, 9.17) is 9.84 Å². The van der Waals surface area contributed by atoms with Gasteiger partial charge in [-0.3, -0.25) is 0 Å². The van der Waals surface area contributed by atoms with Crippen LogP contribution in [0.4, 0.5) is 14.9 Å². The third kappa shape index (κ3) is 3.00. The molecule has 1 fully saturated rings. The van der Waals surface area contributed by atoms with Gasteiger partial charge in [-0.15, -0.1) is 0 Å². The van der Waals surface area contributed by atoms with Crippen LogP contribution in [-0.2, 0) is 4.74 Å². The molecule has 1 aliphatic heterocycles. The van der Waals surface area contributed by atoms with Gasteiger partial charge >= 0.3 is 12.0 Å². The summed E-state index contributed by atoms with van der Waals surface area (Å²) in [4.78, 5) is 24.3. The summed E-state index contributed by atoms with van der Waals surface area (Å²) in [5, 5.41) is 11.3. The second-order valence-corrected chi connectivity index (χ2v) is 4.00. The number of ether oxygens (including phenoxy) is 1. The molecule has 0 radical (unpaired) electrons. The number of carboxylic acids is 1. The van der Waals surface area contributed by atoms with Gasteiger partial charge in [-0.25, -0.2) is 14.0 Å². The predicted octanol–water partition coefficient (Wildman–Crippen LogP) is 1.39. The van der Waals surface area contributed by atoms with E-state index in [-0.39, 0.29) is 11.3 Å². The van der Waals surface area contributed by atoms with Crippen molar-refractivity contribution in [3.63, 3.8) is 0 Å². The van der Waals surface area contributed by atoms with Crippen LogP contribution in [0.1, 0.15) is 10.4 Å². The van der Waals surface area contributed by atoms with Crippen molar-refractivity contribution in [3.8, 4) is 0 Å². The number of nitrogens with one attached hydrogen (secondary N) is 1. The van der Waals surface area contributed by atoms with Crippen LogP contribution in [0.3, 0.4) is 0 Å². The van der Waals surface area contributed by atoms with E-state index in [9.17, 15) is 14.0 Å². The monoisotopic (exact) mass is 268 g/mol. The number of carbonyl (C=O) groups excluding carboxylic acids is 1. The Balaban J connectivity index is 2.18. The smallest absolute Gasteiger partial charge is 0.337 e. The van der Waals surface area contributed by atoms with Gasteiger partial charge in [-0.1, -0.05) is 6.07 Å². The zero-order valence-electron chi connectivity index (χ0n) is 10.1. The molecule has 0 aromatic heterocycles. The molecule has 2 N–H and O–H groups in total.